The van der Waals surface area contributed by atoms with Gasteiger partial charge < -0.3 is 15.3 Å². The van der Waals surface area contributed by atoms with Gasteiger partial charge >= 0.3 is 5.97 Å². The minimum atomic E-state index is -1.51. The van der Waals surface area contributed by atoms with Crippen LogP contribution in [0.15, 0.2) is 41.3 Å². The molecule has 2 aromatic heterocycles. The van der Waals surface area contributed by atoms with E-state index in [-0.39, 0.29) is 46.8 Å². The second-order valence-corrected chi connectivity index (χ2v) is 9.26. The topological polar surface area (TPSA) is 122 Å². The van der Waals surface area contributed by atoms with Crippen molar-refractivity contribution in [3.05, 3.63) is 73.6 Å². The highest BCUT2D eigenvalue weighted by Gasteiger charge is 2.41. The monoisotopic (exact) mass is 550 g/mol. The lowest BCUT2D eigenvalue weighted by Crippen LogP contribution is -2.60. The summed E-state index contributed by atoms with van der Waals surface area (Å²) in [5, 5.41) is 12.3. The number of amides is 2. The summed E-state index contributed by atoms with van der Waals surface area (Å²) in [5.41, 5.74) is -2.38. The number of carboxylic acids is 1. The van der Waals surface area contributed by atoms with Gasteiger partial charge in [0, 0.05) is 23.2 Å². The minimum Gasteiger partial charge on any atom is -0.478 e. The predicted octanol–water partition coefficient (Wildman–Crippen LogP) is 3.93. The van der Waals surface area contributed by atoms with Gasteiger partial charge in [-0.1, -0.05) is 49.2 Å². The first-order chi connectivity index (χ1) is 17.5. The molecule has 0 atom stereocenters. The molecule has 2 amide bonds. The lowest BCUT2D eigenvalue weighted by atomic mass is 9.99. The number of benzene rings is 1. The fourth-order valence-electron chi connectivity index (χ4n) is 3.79. The van der Waals surface area contributed by atoms with Gasteiger partial charge in [-0.2, -0.15) is 0 Å². The molecule has 0 radical (unpaired) electrons. The zero-order valence-corrected chi connectivity index (χ0v) is 21.9. The second kappa shape index (κ2) is 11.3. The molecular formula is C25H25Cl2FN4O5. The first-order valence-corrected chi connectivity index (χ1v) is 12.2. The lowest BCUT2D eigenvalue weighted by Gasteiger charge is -2.42. The normalized spacial score (nSPS) is 13.8. The number of alkyl halides is 1. The lowest BCUT2D eigenvalue weighted by molar-refractivity contribution is -0.144. The third kappa shape index (κ3) is 6.08. The summed E-state index contributed by atoms with van der Waals surface area (Å²) in [5.74, 6) is -2.66. The highest BCUT2D eigenvalue weighted by atomic mass is 35.5. The number of halogens is 3. The van der Waals surface area contributed by atoms with E-state index < -0.39 is 35.6 Å². The van der Waals surface area contributed by atoms with Crippen molar-refractivity contribution in [3.63, 3.8) is 0 Å². The average molecular weight is 551 g/mol. The van der Waals surface area contributed by atoms with Crippen LogP contribution in [0, 0.1) is 0 Å². The smallest absolute Gasteiger partial charge is 0.338 e. The van der Waals surface area contributed by atoms with E-state index in [0.717, 1.165) is 22.4 Å². The van der Waals surface area contributed by atoms with Gasteiger partial charge in [0.25, 0.3) is 11.5 Å². The van der Waals surface area contributed by atoms with Crippen molar-refractivity contribution in [2.75, 3.05) is 13.1 Å². The van der Waals surface area contributed by atoms with Crippen LogP contribution in [0.1, 0.15) is 47.1 Å². The third-order valence-electron chi connectivity index (χ3n) is 5.58. The van der Waals surface area contributed by atoms with Crippen LogP contribution in [0.5, 0.6) is 0 Å². The number of carbonyl (C=O) groups is 3. The van der Waals surface area contributed by atoms with E-state index in [1.54, 1.807) is 24.3 Å². The van der Waals surface area contributed by atoms with Crippen molar-refractivity contribution in [2.45, 2.75) is 39.5 Å². The first kappa shape index (κ1) is 28.1. The summed E-state index contributed by atoms with van der Waals surface area (Å²) in [6.45, 7) is 4.66. The molecule has 3 aromatic rings. The van der Waals surface area contributed by atoms with Crippen molar-refractivity contribution in [2.24, 2.45) is 0 Å². The van der Waals surface area contributed by atoms with Gasteiger partial charge in [0.05, 0.1) is 23.7 Å². The quantitative estimate of drug-likeness (QED) is 0.479. The second-order valence-electron chi connectivity index (χ2n) is 8.45. The Morgan fingerprint density at radius 3 is 2.32 bits per heavy atom. The molecule has 2 N–H and O–H groups in total. The van der Waals surface area contributed by atoms with Gasteiger partial charge in [0.2, 0.25) is 5.91 Å². The summed E-state index contributed by atoms with van der Waals surface area (Å²) in [6.07, 6.45) is 0.968. The van der Waals surface area contributed by atoms with E-state index in [0.29, 0.717) is 5.02 Å². The standard InChI is InChI=1S/C23H19Cl2FN4O5.C2H6/c1-23(26)10-29(11-23)17(31)9-30-19-14(18(25)16(8-27-19)22(34)35)6-15(21(30)33)20(32)28-7-12-2-4-13(24)5-3-12;1-2/h2-6,8H,7,9-11H2,1H3,(H,28,32)(H,34,35);1-2H3. The summed E-state index contributed by atoms with van der Waals surface area (Å²) in [4.78, 5) is 55.6. The van der Waals surface area contributed by atoms with Crippen molar-refractivity contribution in [3.8, 4) is 0 Å². The summed E-state index contributed by atoms with van der Waals surface area (Å²) in [7, 11) is 0. The highest BCUT2D eigenvalue weighted by molar-refractivity contribution is 6.38. The number of hydrogen-bond donors (Lipinski definition) is 2. The molecule has 37 heavy (non-hydrogen) atoms. The molecule has 0 aliphatic carbocycles. The molecule has 3 heterocycles. The summed E-state index contributed by atoms with van der Waals surface area (Å²) < 4.78 is 14.8. The van der Waals surface area contributed by atoms with E-state index in [4.69, 9.17) is 23.2 Å². The maximum absolute atomic E-state index is 13.9. The molecule has 0 spiro atoms. The Labute approximate surface area is 221 Å². The fraction of sp³-hybridized carbons (Fsp3) is 0.320. The van der Waals surface area contributed by atoms with Gasteiger partial charge in [-0.05, 0) is 30.7 Å². The number of carbonyl (C=O) groups excluding carboxylic acids is 2. The molecule has 1 aliphatic heterocycles. The zero-order chi connectivity index (χ0) is 27.5. The van der Waals surface area contributed by atoms with Crippen LogP contribution in [0.4, 0.5) is 4.39 Å². The average Bonchev–Trinajstić information content (AvgIpc) is 2.84. The number of nitrogens with zero attached hydrogens (tertiary/aromatic N) is 3. The van der Waals surface area contributed by atoms with E-state index in [1.165, 1.54) is 11.8 Å². The third-order valence-corrected chi connectivity index (χ3v) is 6.24. The summed E-state index contributed by atoms with van der Waals surface area (Å²) in [6, 6.07) is 7.85. The molecule has 1 aliphatic rings. The predicted molar refractivity (Wildman–Crippen MR) is 138 cm³/mol. The maximum Gasteiger partial charge on any atom is 0.338 e. The maximum atomic E-state index is 13.9. The zero-order valence-electron chi connectivity index (χ0n) is 20.3. The number of likely N-dealkylation sites (tertiary alicyclic amines) is 1. The van der Waals surface area contributed by atoms with E-state index in [1.807, 2.05) is 13.8 Å². The Kier molecular flexibility index (Phi) is 8.55. The van der Waals surface area contributed by atoms with E-state index in [2.05, 4.69) is 10.3 Å². The molecule has 196 valence electrons. The van der Waals surface area contributed by atoms with Crippen LogP contribution in [0.25, 0.3) is 11.0 Å². The van der Waals surface area contributed by atoms with Crippen LogP contribution in [-0.2, 0) is 17.9 Å². The Morgan fingerprint density at radius 1 is 1.14 bits per heavy atom. The fourth-order valence-corrected chi connectivity index (χ4v) is 4.18. The Hall–Kier alpha value is -3.50. The highest BCUT2D eigenvalue weighted by Crippen LogP contribution is 2.27. The molecule has 12 heteroatoms. The first-order valence-electron chi connectivity index (χ1n) is 11.4. The molecule has 0 unspecified atom stereocenters. The SMILES string of the molecule is CC.CC1(F)CN(C(=O)Cn2c(=O)c(C(=O)NCc3ccc(Cl)cc3)cc3c(Cl)c(C(=O)O)cnc32)C1. The van der Waals surface area contributed by atoms with Gasteiger partial charge in [0.1, 0.15) is 23.4 Å². The molecule has 0 saturated carbocycles. The van der Waals surface area contributed by atoms with Crippen molar-refractivity contribution >= 4 is 52.0 Å². The van der Waals surface area contributed by atoms with Gasteiger partial charge in [0.15, 0.2) is 0 Å². The van der Waals surface area contributed by atoms with Gasteiger partial charge in [-0.25, -0.2) is 14.2 Å². The molecular weight excluding hydrogens is 526 g/mol. The Morgan fingerprint density at radius 2 is 1.76 bits per heavy atom. The minimum absolute atomic E-state index is 0.00884. The molecule has 1 saturated heterocycles. The molecule has 1 aromatic carbocycles. The molecule has 0 bridgehead atoms. The van der Waals surface area contributed by atoms with Crippen molar-refractivity contribution < 1.29 is 23.9 Å². The number of aromatic carboxylic acids is 1. The summed E-state index contributed by atoms with van der Waals surface area (Å²) >= 11 is 12.1. The largest absolute Gasteiger partial charge is 0.478 e. The number of aromatic nitrogens is 2. The number of rotatable bonds is 6. The molecule has 9 nitrogen and oxygen atoms in total. The number of nitrogens with one attached hydrogen (secondary N) is 1. The van der Waals surface area contributed by atoms with Crippen LogP contribution in [0.2, 0.25) is 10.0 Å². The number of pyridine rings is 2. The van der Waals surface area contributed by atoms with Gasteiger partial charge in [-0.3, -0.25) is 19.0 Å². The van der Waals surface area contributed by atoms with Crippen LogP contribution in [-0.4, -0.2) is 56.1 Å². The van der Waals surface area contributed by atoms with Crippen molar-refractivity contribution in [1.82, 2.24) is 19.8 Å². The molecule has 1 fully saturated rings. The number of hydrogen-bond acceptors (Lipinski definition) is 5. The number of carboxylic acid groups (broad SMARTS) is 1. The Bertz CT molecular complexity index is 1420. The van der Waals surface area contributed by atoms with Gasteiger partial charge in [-0.15, -0.1) is 0 Å². The Balaban J connectivity index is 0.00000186. The van der Waals surface area contributed by atoms with Crippen LogP contribution < -0.4 is 10.9 Å². The molecule has 4 rings (SSSR count). The van der Waals surface area contributed by atoms with Crippen LogP contribution in [0.3, 0.4) is 0 Å². The van der Waals surface area contributed by atoms with E-state index in [9.17, 15) is 28.7 Å². The van der Waals surface area contributed by atoms with Crippen LogP contribution >= 0.6 is 23.2 Å². The van der Waals surface area contributed by atoms with E-state index >= 15 is 0 Å². The number of fused-ring (bicyclic) bond motifs is 1. The van der Waals surface area contributed by atoms with Crippen molar-refractivity contribution in [1.29, 1.82) is 0 Å².